The summed E-state index contributed by atoms with van der Waals surface area (Å²) in [6.45, 7) is 10.3. The minimum Gasteiger partial charge on any atom is -0.490 e. The molecule has 0 N–H and O–H groups in total. The van der Waals surface area contributed by atoms with Crippen molar-refractivity contribution in [3.05, 3.63) is 76.5 Å². The van der Waals surface area contributed by atoms with Crippen molar-refractivity contribution < 1.29 is 18.3 Å². The molecule has 1 heterocycles. The van der Waals surface area contributed by atoms with Crippen LogP contribution in [0.5, 0.6) is 11.5 Å². The molecule has 0 saturated carbocycles. The molecule has 0 amide bonds. The second-order valence-electron chi connectivity index (χ2n) is 7.76. The van der Waals surface area contributed by atoms with Crippen LogP contribution < -0.4 is 9.47 Å². The van der Waals surface area contributed by atoms with Crippen LogP contribution in [0.4, 0.5) is 8.78 Å². The molecular weight excluding hydrogens is 396 g/mol. The third-order valence-electron chi connectivity index (χ3n) is 5.18. The number of pyridine rings is 1. The molecule has 0 aliphatic rings. The van der Waals surface area contributed by atoms with E-state index in [2.05, 4.69) is 32.0 Å². The Bertz CT molecular complexity index is 1040. The van der Waals surface area contributed by atoms with Gasteiger partial charge in [0, 0.05) is 23.4 Å². The Kier molecular flexibility index (Phi) is 7.26. The quantitative estimate of drug-likeness (QED) is 0.396. The molecule has 3 nitrogen and oxygen atoms in total. The van der Waals surface area contributed by atoms with Crippen LogP contribution in [0.1, 0.15) is 50.1 Å². The van der Waals surface area contributed by atoms with Crippen LogP contribution in [-0.2, 0) is 19.4 Å². The maximum absolute atomic E-state index is 13.5. The fourth-order valence-corrected chi connectivity index (χ4v) is 3.63. The van der Waals surface area contributed by atoms with Crippen LogP contribution in [0.25, 0.3) is 11.3 Å². The van der Waals surface area contributed by atoms with Gasteiger partial charge in [-0.15, -0.1) is 0 Å². The SMILES string of the molecule is CCc1cccc(CC)c1-c1cc(OC(C)C)c(COc2ccc(F)c(F)c2)c(C)n1. The minimum atomic E-state index is -0.940. The fourth-order valence-electron chi connectivity index (χ4n) is 3.63. The van der Waals surface area contributed by atoms with Crippen LogP contribution >= 0.6 is 0 Å². The Balaban J connectivity index is 2.03. The number of nitrogens with zero attached hydrogens (tertiary/aromatic N) is 1. The predicted octanol–water partition coefficient (Wildman–Crippen LogP) is 6.83. The van der Waals surface area contributed by atoms with Crippen molar-refractivity contribution in [2.24, 2.45) is 0 Å². The van der Waals surface area contributed by atoms with Gasteiger partial charge in [0.15, 0.2) is 11.6 Å². The highest BCUT2D eigenvalue weighted by Gasteiger charge is 2.18. The van der Waals surface area contributed by atoms with Gasteiger partial charge >= 0.3 is 0 Å². The van der Waals surface area contributed by atoms with Gasteiger partial charge in [0.25, 0.3) is 0 Å². The van der Waals surface area contributed by atoms with Gasteiger partial charge in [-0.25, -0.2) is 8.78 Å². The summed E-state index contributed by atoms with van der Waals surface area (Å²) in [5, 5.41) is 0. The number of benzene rings is 2. The summed E-state index contributed by atoms with van der Waals surface area (Å²) >= 11 is 0. The summed E-state index contributed by atoms with van der Waals surface area (Å²) in [5.41, 5.74) is 6.08. The lowest BCUT2D eigenvalue weighted by Crippen LogP contribution is -2.11. The first-order valence-electron chi connectivity index (χ1n) is 10.7. The van der Waals surface area contributed by atoms with E-state index >= 15 is 0 Å². The molecule has 0 radical (unpaired) electrons. The number of rotatable bonds is 8. The van der Waals surface area contributed by atoms with Gasteiger partial charge < -0.3 is 9.47 Å². The smallest absolute Gasteiger partial charge is 0.162 e. The summed E-state index contributed by atoms with van der Waals surface area (Å²) in [6.07, 6.45) is 1.78. The Labute approximate surface area is 183 Å². The van der Waals surface area contributed by atoms with E-state index in [-0.39, 0.29) is 18.5 Å². The molecule has 0 spiro atoms. The Hall–Kier alpha value is -2.95. The number of aromatic nitrogens is 1. The lowest BCUT2D eigenvalue weighted by Gasteiger charge is -2.20. The number of halogens is 2. The zero-order valence-corrected chi connectivity index (χ0v) is 18.8. The first-order valence-corrected chi connectivity index (χ1v) is 10.7. The van der Waals surface area contributed by atoms with Crippen molar-refractivity contribution in [1.82, 2.24) is 4.98 Å². The average Bonchev–Trinajstić information content (AvgIpc) is 2.74. The molecule has 0 saturated heterocycles. The first-order chi connectivity index (χ1) is 14.8. The highest BCUT2D eigenvalue weighted by molar-refractivity contribution is 5.70. The molecule has 5 heteroatoms. The van der Waals surface area contributed by atoms with Crippen molar-refractivity contribution in [3.8, 4) is 22.8 Å². The van der Waals surface area contributed by atoms with E-state index in [1.165, 1.54) is 17.2 Å². The summed E-state index contributed by atoms with van der Waals surface area (Å²) in [6, 6.07) is 11.8. The number of hydrogen-bond acceptors (Lipinski definition) is 3. The van der Waals surface area contributed by atoms with E-state index in [4.69, 9.17) is 14.5 Å². The highest BCUT2D eigenvalue weighted by atomic mass is 19.2. The average molecular weight is 426 g/mol. The van der Waals surface area contributed by atoms with Gasteiger partial charge in [-0.1, -0.05) is 32.0 Å². The van der Waals surface area contributed by atoms with Gasteiger partial charge in [0.05, 0.1) is 17.4 Å². The molecule has 0 bridgehead atoms. The zero-order valence-electron chi connectivity index (χ0n) is 18.8. The maximum atomic E-state index is 13.5. The lowest BCUT2D eigenvalue weighted by atomic mass is 9.94. The Morgan fingerprint density at radius 3 is 2.19 bits per heavy atom. The molecule has 1 aromatic heterocycles. The van der Waals surface area contributed by atoms with Gasteiger partial charge in [0.1, 0.15) is 18.1 Å². The number of ether oxygens (including phenoxy) is 2. The summed E-state index contributed by atoms with van der Waals surface area (Å²) in [5.74, 6) is -0.903. The minimum absolute atomic E-state index is 0.0382. The van der Waals surface area contributed by atoms with E-state index < -0.39 is 11.6 Å². The van der Waals surface area contributed by atoms with E-state index in [0.29, 0.717) is 5.75 Å². The third kappa shape index (κ3) is 5.22. The van der Waals surface area contributed by atoms with E-state index in [1.54, 1.807) is 0 Å². The van der Waals surface area contributed by atoms with Crippen molar-refractivity contribution in [3.63, 3.8) is 0 Å². The standard InChI is InChI=1S/C26H29F2NO2/c1-6-18-9-8-10-19(7-2)26(18)24-14-25(31-16(3)4)21(17(5)29-24)15-30-20-11-12-22(27)23(28)13-20/h8-14,16H,6-7,15H2,1-5H3. The monoisotopic (exact) mass is 425 g/mol. The first kappa shape index (κ1) is 22.7. The molecule has 0 atom stereocenters. The van der Waals surface area contributed by atoms with Gasteiger partial charge in [0.2, 0.25) is 0 Å². The van der Waals surface area contributed by atoms with E-state index in [0.717, 1.165) is 47.5 Å². The van der Waals surface area contributed by atoms with Crippen LogP contribution in [0.3, 0.4) is 0 Å². The molecule has 3 aromatic rings. The molecule has 164 valence electrons. The number of hydrogen-bond donors (Lipinski definition) is 0. The second-order valence-corrected chi connectivity index (χ2v) is 7.76. The normalized spacial score (nSPS) is 11.1. The van der Waals surface area contributed by atoms with Crippen LogP contribution in [0.2, 0.25) is 0 Å². The maximum Gasteiger partial charge on any atom is 0.162 e. The highest BCUT2D eigenvalue weighted by Crippen LogP contribution is 2.34. The molecular formula is C26H29F2NO2. The van der Waals surface area contributed by atoms with Gasteiger partial charge in [-0.3, -0.25) is 4.98 Å². The van der Waals surface area contributed by atoms with Crippen molar-refractivity contribution in [1.29, 1.82) is 0 Å². The van der Waals surface area contributed by atoms with E-state index in [9.17, 15) is 8.78 Å². The fraction of sp³-hybridized carbons (Fsp3) is 0.346. The lowest BCUT2D eigenvalue weighted by molar-refractivity contribution is 0.229. The molecule has 0 fully saturated rings. The molecule has 31 heavy (non-hydrogen) atoms. The second kappa shape index (κ2) is 9.90. The molecule has 3 rings (SSSR count). The van der Waals surface area contributed by atoms with Gasteiger partial charge in [-0.2, -0.15) is 0 Å². The predicted molar refractivity (Wildman–Crippen MR) is 120 cm³/mol. The topological polar surface area (TPSA) is 31.4 Å². The van der Waals surface area contributed by atoms with Gasteiger partial charge in [-0.05, 0) is 56.9 Å². The van der Waals surface area contributed by atoms with Crippen molar-refractivity contribution in [2.75, 3.05) is 0 Å². The van der Waals surface area contributed by atoms with Crippen LogP contribution in [-0.4, -0.2) is 11.1 Å². The van der Waals surface area contributed by atoms with Crippen LogP contribution in [0, 0.1) is 18.6 Å². The summed E-state index contributed by atoms with van der Waals surface area (Å²) in [4.78, 5) is 4.88. The third-order valence-corrected chi connectivity index (χ3v) is 5.18. The molecule has 0 unspecified atom stereocenters. The Morgan fingerprint density at radius 2 is 1.61 bits per heavy atom. The largest absolute Gasteiger partial charge is 0.490 e. The zero-order chi connectivity index (χ0) is 22.5. The van der Waals surface area contributed by atoms with Crippen molar-refractivity contribution in [2.45, 2.75) is 60.2 Å². The van der Waals surface area contributed by atoms with Crippen LogP contribution in [0.15, 0.2) is 42.5 Å². The van der Waals surface area contributed by atoms with E-state index in [1.807, 2.05) is 26.8 Å². The molecule has 0 aliphatic carbocycles. The molecule has 0 aliphatic heterocycles. The summed E-state index contributed by atoms with van der Waals surface area (Å²) < 4.78 is 38.6. The molecule has 2 aromatic carbocycles. The van der Waals surface area contributed by atoms with Crippen molar-refractivity contribution >= 4 is 0 Å². The number of aryl methyl sites for hydroxylation is 3. The summed E-state index contributed by atoms with van der Waals surface area (Å²) in [7, 11) is 0. The Morgan fingerprint density at radius 1 is 0.935 bits per heavy atom.